The Morgan fingerprint density at radius 1 is 1.13 bits per heavy atom. The first-order valence-corrected chi connectivity index (χ1v) is 12.8. The summed E-state index contributed by atoms with van der Waals surface area (Å²) in [7, 11) is 0. The third kappa shape index (κ3) is 4.29. The summed E-state index contributed by atoms with van der Waals surface area (Å²) in [6.07, 6.45) is 6.20. The van der Waals surface area contributed by atoms with Gasteiger partial charge in [-0.3, -0.25) is 18.6 Å². The van der Waals surface area contributed by atoms with Gasteiger partial charge >= 0.3 is 5.69 Å². The number of hydrogen-bond acceptors (Lipinski definition) is 8. The van der Waals surface area contributed by atoms with E-state index in [0.29, 0.717) is 68.6 Å². The van der Waals surface area contributed by atoms with Gasteiger partial charge in [-0.25, -0.2) is 19.7 Å². The van der Waals surface area contributed by atoms with E-state index in [1.54, 1.807) is 15.5 Å². The highest BCUT2D eigenvalue weighted by Gasteiger charge is 2.27. The Kier molecular flexibility index (Phi) is 6.10. The molecule has 1 amide bonds. The zero-order valence-electron chi connectivity index (χ0n) is 21.1. The quantitative estimate of drug-likeness (QED) is 0.323. The first-order chi connectivity index (χ1) is 18.5. The van der Waals surface area contributed by atoms with Crippen LogP contribution >= 0.6 is 0 Å². The second-order valence-electron chi connectivity index (χ2n) is 9.65. The van der Waals surface area contributed by atoms with Gasteiger partial charge in [0.05, 0.1) is 30.1 Å². The van der Waals surface area contributed by atoms with E-state index in [4.69, 9.17) is 5.73 Å². The molecule has 38 heavy (non-hydrogen) atoms. The zero-order valence-corrected chi connectivity index (χ0v) is 21.1. The summed E-state index contributed by atoms with van der Waals surface area (Å²) < 4.78 is 7.15. The van der Waals surface area contributed by atoms with Crippen LogP contribution in [0.4, 0.5) is 5.82 Å². The molecular weight excluding hydrogens is 486 g/mol. The smallest absolute Gasteiger partial charge is 0.329 e. The number of nitrogens with zero attached hydrogens (tertiary/aromatic N) is 10. The maximum absolute atomic E-state index is 13.0. The molecule has 5 heterocycles. The number of nitrogen functional groups attached to an aromatic ring is 1. The number of aryl methyl sites for hydroxylation is 2. The lowest BCUT2D eigenvalue weighted by molar-refractivity contribution is -0.130. The fraction of sp³-hybridized carbons (Fsp3) is 0.400. The first kappa shape index (κ1) is 23.8. The van der Waals surface area contributed by atoms with Gasteiger partial charge in [0.15, 0.2) is 11.5 Å². The van der Waals surface area contributed by atoms with Crippen LogP contribution < -0.4 is 11.4 Å². The highest BCUT2D eigenvalue weighted by atomic mass is 16.2. The highest BCUT2D eigenvalue weighted by Crippen LogP contribution is 2.20. The van der Waals surface area contributed by atoms with Gasteiger partial charge in [0.1, 0.15) is 17.5 Å². The Morgan fingerprint density at radius 2 is 1.95 bits per heavy atom. The second kappa shape index (κ2) is 9.72. The van der Waals surface area contributed by atoms with Crippen molar-refractivity contribution >= 4 is 33.9 Å². The molecular formula is C25H29N11O2. The zero-order chi connectivity index (χ0) is 26.2. The molecule has 1 saturated heterocycles. The van der Waals surface area contributed by atoms with Crippen molar-refractivity contribution in [3.63, 3.8) is 0 Å². The first-order valence-electron chi connectivity index (χ1n) is 12.8. The standard InChI is InChI=1S/C25H29N11O2/c1-2-35-19-5-3-4-6-20(19)36(25(35)38)10-8-21(37)32-9-7-17(11-32)12-34-14-18(30-31-34)13-33-16-29-22-23(26)27-15-28-24(22)33/h3-6,14-17H,2,7-13H2,1H3,(H2,26,27,28). The number of imidazole rings is 2. The van der Waals surface area contributed by atoms with E-state index in [1.807, 2.05) is 51.5 Å². The molecule has 0 spiro atoms. The van der Waals surface area contributed by atoms with E-state index in [2.05, 4.69) is 25.3 Å². The fourth-order valence-corrected chi connectivity index (χ4v) is 5.32. The van der Waals surface area contributed by atoms with Crippen molar-refractivity contribution in [1.29, 1.82) is 0 Å². The van der Waals surface area contributed by atoms with Crippen molar-refractivity contribution in [1.82, 2.24) is 48.5 Å². The minimum Gasteiger partial charge on any atom is -0.382 e. The molecule has 6 rings (SSSR count). The second-order valence-corrected chi connectivity index (χ2v) is 9.65. The Bertz CT molecular complexity index is 1680. The normalized spacial score (nSPS) is 15.7. The van der Waals surface area contributed by atoms with Crippen LogP contribution in [0.3, 0.4) is 0 Å². The summed E-state index contributed by atoms with van der Waals surface area (Å²) in [6.45, 7) is 5.45. The van der Waals surface area contributed by atoms with Crippen LogP contribution in [0, 0.1) is 5.92 Å². The molecule has 4 aromatic heterocycles. The lowest BCUT2D eigenvalue weighted by atomic mass is 10.1. The average Bonchev–Trinajstić information content (AvgIpc) is 3.70. The SMILES string of the molecule is CCn1c(=O)n(CCC(=O)N2CCC(Cn3cc(Cn4cnc5c(N)ncnc54)nn3)C2)c2ccccc21. The van der Waals surface area contributed by atoms with Crippen LogP contribution in [0.25, 0.3) is 22.2 Å². The number of carbonyl (C=O) groups excluding carboxylic acids is 1. The summed E-state index contributed by atoms with van der Waals surface area (Å²) in [5, 5.41) is 8.58. The van der Waals surface area contributed by atoms with E-state index in [0.717, 1.165) is 23.1 Å². The van der Waals surface area contributed by atoms with Gasteiger partial charge < -0.3 is 15.2 Å². The Balaban J connectivity index is 1.05. The van der Waals surface area contributed by atoms with Gasteiger partial charge in [-0.2, -0.15) is 0 Å². The summed E-state index contributed by atoms with van der Waals surface area (Å²) in [4.78, 5) is 40.3. The summed E-state index contributed by atoms with van der Waals surface area (Å²) in [6, 6.07) is 7.73. The molecule has 1 unspecified atom stereocenters. The van der Waals surface area contributed by atoms with Crippen molar-refractivity contribution < 1.29 is 4.79 Å². The van der Waals surface area contributed by atoms with E-state index in [-0.39, 0.29) is 11.6 Å². The monoisotopic (exact) mass is 515 g/mol. The predicted octanol–water partition coefficient (Wildman–Crippen LogP) is 1.12. The average molecular weight is 516 g/mol. The number of anilines is 1. The Hall–Kier alpha value is -4.55. The largest absolute Gasteiger partial charge is 0.382 e. The van der Waals surface area contributed by atoms with Gasteiger partial charge in [-0.05, 0) is 31.4 Å². The molecule has 13 nitrogen and oxygen atoms in total. The number of carbonyl (C=O) groups is 1. The number of benzene rings is 1. The number of rotatable bonds is 8. The molecule has 0 radical (unpaired) electrons. The van der Waals surface area contributed by atoms with Crippen LogP contribution in [0.5, 0.6) is 0 Å². The molecule has 2 N–H and O–H groups in total. The molecule has 13 heteroatoms. The summed E-state index contributed by atoms with van der Waals surface area (Å²) in [5.41, 5.74) is 9.57. The van der Waals surface area contributed by atoms with Crippen molar-refractivity contribution in [3.8, 4) is 0 Å². The molecule has 1 atom stereocenters. The van der Waals surface area contributed by atoms with Gasteiger partial charge in [0, 0.05) is 39.1 Å². The van der Waals surface area contributed by atoms with E-state index in [1.165, 1.54) is 6.33 Å². The highest BCUT2D eigenvalue weighted by molar-refractivity contribution is 5.81. The number of aromatic nitrogens is 9. The molecule has 1 fully saturated rings. The van der Waals surface area contributed by atoms with Crippen molar-refractivity contribution in [3.05, 3.63) is 59.3 Å². The lowest BCUT2D eigenvalue weighted by Gasteiger charge is -2.16. The van der Waals surface area contributed by atoms with Crippen molar-refractivity contribution in [2.75, 3.05) is 18.8 Å². The lowest BCUT2D eigenvalue weighted by Crippen LogP contribution is -2.31. The topological polar surface area (TPSA) is 148 Å². The van der Waals surface area contributed by atoms with Crippen LogP contribution in [0.2, 0.25) is 0 Å². The van der Waals surface area contributed by atoms with Crippen LogP contribution in [0.15, 0.2) is 47.9 Å². The molecule has 0 bridgehead atoms. The Labute approximate surface area is 217 Å². The molecule has 5 aromatic rings. The number of amides is 1. The van der Waals surface area contributed by atoms with E-state index in [9.17, 15) is 9.59 Å². The van der Waals surface area contributed by atoms with Gasteiger partial charge in [0.25, 0.3) is 0 Å². The van der Waals surface area contributed by atoms with Crippen LogP contribution in [-0.4, -0.2) is 67.5 Å². The van der Waals surface area contributed by atoms with E-state index < -0.39 is 0 Å². The maximum atomic E-state index is 13.0. The Morgan fingerprint density at radius 3 is 2.76 bits per heavy atom. The molecule has 0 saturated carbocycles. The molecule has 196 valence electrons. The summed E-state index contributed by atoms with van der Waals surface area (Å²) in [5.74, 6) is 0.706. The third-order valence-electron chi connectivity index (χ3n) is 7.22. The minimum atomic E-state index is -0.0672. The summed E-state index contributed by atoms with van der Waals surface area (Å²) >= 11 is 0. The predicted molar refractivity (Wildman–Crippen MR) is 140 cm³/mol. The van der Waals surface area contributed by atoms with Gasteiger partial charge in [-0.15, -0.1) is 5.10 Å². The molecule has 1 aromatic carbocycles. The van der Waals surface area contributed by atoms with Gasteiger partial charge in [-0.1, -0.05) is 17.3 Å². The van der Waals surface area contributed by atoms with Crippen LogP contribution in [-0.2, 0) is 31.0 Å². The minimum absolute atomic E-state index is 0.0672. The number of para-hydroxylation sites is 2. The molecule has 1 aliphatic heterocycles. The number of nitrogens with two attached hydrogens (primary N) is 1. The van der Waals surface area contributed by atoms with Crippen molar-refractivity contribution in [2.45, 2.75) is 45.9 Å². The number of fused-ring (bicyclic) bond motifs is 2. The third-order valence-corrected chi connectivity index (χ3v) is 7.22. The fourth-order valence-electron chi connectivity index (χ4n) is 5.32. The number of hydrogen-bond donors (Lipinski definition) is 1. The van der Waals surface area contributed by atoms with Crippen molar-refractivity contribution in [2.24, 2.45) is 5.92 Å². The number of likely N-dealkylation sites (tertiary alicyclic amines) is 1. The molecule has 0 aliphatic carbocycles. The van der Waals surface area contributed by atoms with Gasteiger partial charge in [0.2, 0.25) is 5.91 Å². The molecule has 1 aliphatic rings. The van der Waals surface area contributed by atoms with E-state index >= 15 is 0 Å². The maximum Gasteiger partial charge on any atom is 0.329 e. The van der Waals surface area contributed by atoms with Crippen LogP contribution in [0.1, 0.15) is 25.5 Å².